The first-order valence-corrected chi connectivity index (χ1v) is 4.49. The van der Waals surface area contributed by atoms with Gasteiger partial charge in [0.05, 0.1) is 4.92 Å². The molecule has 68 valence electrons. The Morgan fingerprint density at radius 3 is 2.69 bits per heavy atom. The van der Waals surface area contributed by atoms with Crippen molar-refractivity contribution in [2.45, 2.75) is 19.3 Å². The molecule has 0 spiro atoms. The van der Waals surface area contributed by atoms with Crippen molar-refractivity contribution >= 4 is 0 Å². The Hall–Kier alpha value is -1.38. The second kappa shape index (κ2) is 3.17. The minimum Gasteiger partial charge on any atom is -0.258 e. The Labute approximate surface area is 76.6 Å². The summed E-state index contributed by atoms with van der Waals surface area (Å²) in [7, 11) is 0. The lowest BCUT2D eigenvalue weighted by molar-refractivity contribution is -0.419. The third-order valence-corrected chi connectivity index (χ3v) is 2.30. The van der Waals surface area contributed by atoms with Crippen molar-refractivity contribution in [3.05, 3.63) is 45.7 Å². The Balaban J connectivity index is 2.03. The fourth-order valence-electron chi connectivity index (χ4n) is 1.38. The highest BCUT2D eigenvalue weighted by Crippen LogP contribution is 2.32. The van der Waals surface area contributed by atoms with Crippen molar-refractivity contribution in [2.75, 3.05) is 0 Å². The van der Waals surface area contributed by atoms with Crippen LogP contribution in [0.3, 0.4) is 0 Å². The maximum absolute atomic E-state index is 10.4. The molecule has 0 heterocycles. The van der Waals surface area contributed by atoms with Gasteiger partial charge in [-0.1, -0.05) is 12.2 Å². The van der Waals surface area contributed by atoms with Gasteiger partial charge in [-0.15, -0.1) is 0 Å². The smallest absolute Gasteiger partial charge is 0.258 e. The summed E-state index contributed by atoms with van der Waals surface area (Å²) in [6.45, 7) is 0. The molecule has 3 heteroatoms. The van der Waals surface area contributed by atoms with Crippen molar-refractivity contribution in [1.82, 2.24) is 0 Å². The van der Waals surface area contributed by atoms with Gasteiger partial charge in [0.15, 0.2) is 0 Å². The van der Waals surface area contributed by atoms with E-state index in [0.29, 0.717) is 6.42 Å². The highest BCUT2D eigenvalue weighted by atomic mass is 16.6. The minimum atomic E-state index is -0.343. The zero-order valence-corrected chi connectivity index (χ0v) is 7.27. The quantitative estimate of drug-likeness (QED) is 0.480. The molecule has 2 rings (SSSR count). The van der Waals surface area contributed by atoms with E-state index in [-0.39, 0.29) is 10.6 Å². The fraction of sp³-hybridized carbons (Fsp3) is 0.400. The summed E-state index contributed by atoms with van der Waals surface area (Å²) in [5.74, 6) is 0.741. The van der Waals surface area contributed by atoms with E-state index in [2.05, 4.69) is 6.08 Å². The molecule has 0 aromatic heterocycles. The second-order valence-corrected chi connectivity index (χ2v) is 3.50. The lowest BCUT2D eigenvalue weighted by Crippen LogP contribution is -1.98. The van der Waals surface area contributed by atoms with Crippen LogP contribution in [0, 0.1) is 16.0 Å². The molecule has 0 N–H and O–H groups in total. The van der Waals surface area contributed by atoms with Crippen LogP contribution in [0.25, 0.3) is 0 Å². The Morgan fingerprint density at radius 1 is 1.46 bits per heavy atom. The van der Waals surface area contributed by atoms with Gasteiger partial charge in [0.2, 0.25) is 0 Å². The molecule has 0 unspecified atom stereocenters. The predicted molar refractivity (Wildman–Crippen MR) is 49.6 cm³/mol. The first kappa shape index (κ1) is 8.23. The molecule has 13 heavy (non-hydrogen) atoms. The van der Waals surface area contributed by atoms with Gasteiger partial charge in [-0.2, -0.15) is 0 Å². The van der Waals surface area contributed by atoms with E-state index in [4.69, 9.17) is 0 Å². The van der Waals surface area contributed by atoms with Crippen molar-refractivity contribution < 1.29 is 4.92 Å². The second-order valence-electron chi connectivity index (χ2n) is 3.50. The van der Waals surface area contributed by atoms with Crippen LogP contribution in [-0.2, 0) is 0 Å². The molecule has 0 aliphatic heterocycles. The van der Waals surface area contributed by atoms with Gasteiger partial charge in [-0.25, -0.2) is 0 Å². The highest BCUT2D eigenvalue weighted by molar-refractivity contribution is 5.33. The van der Waals surface area contributed by atoms with Crippen LogP contribution < -0.4 is 0 Å². The fourth-order valence-corrected chi connectivity index (χ4v) is 1.38. The van der Waals surface area contributed by atoms with Crippen molar-refractivity contribution in [1.29, 1.82) is 0 Å². The average molecular weight is 177 g/mol. The lowest BCUT2D eigenvalue weighted by Gasteiger charge is -2.02. The molecule has 3 nitrogen and oxygen atoms in total. The number of hydrogen-bond donors (Lipinski definition) is 0. The average Bonchev–Trinajstić information content (AvgIpc) is 2.89. The Kier molecular flexibility index (Phi) is 2.00. The van der Waals surface area contributed by atoms with E-state index in [9.17, 15) is 10.1 Å². The third-order valence-electron chi connectivity index (χ3n) is 2.30. The van der Waals surface area contributed by atoms with Crippen LogP contribution in [0.15, 0.2) is 35.6 Å². The molecule has 0 atom stereocenters. The molecular weight excluding hydrogens is 166 g/mol. The number of nitrogens with zero attached hydrogens (tertiary/aromatic N) is 1. The predicted octanol–water partition coefficient (Wildman–Crippen LogP) is 2.44. The normalized spacial score (nSPS) is 24.6. The minimum absolute atomic E-state index is 0.216. The summed E-state index contributed by atoms with van der Waals surface area (Å²) in [5, 5.41) is 10.4. The van der Waals surface area contributed by atoms with Gasteiger partial charge in [-0.05, 0) is 36.8 Å². The maximum atomic E-state index is 10.4. The number of allylic oxidation sites excluding steroid dienone is 5. The number of rotatable bonds is 2. The highest BCUT2D eigenvalue weighted by Gasteiger charge is 2.19. The van der Waals surface area contributed by atoms with Gasteiger partial charge in [-0.3, -0.25) is 10.1 Å². The van der Waals surface area contributed by atoms with Crippen LogP contribution in [0.1, 0.15) is 19.3 Å². The van der Waals surface area contributed by atoms with E-state index in [0.717, 1.165) is 5.92 Å². The van der Waals surface area contributed by atoms with E-state index < -0.39 is 0 Å². The topological polar surface area (TPSA) is 43.1 Å². The molecule has 2 aliphatic rings. The maximum Gasteiger partial charge on any atom is 0.265 e. The van der Waals surface area contributed by atoms with Crippen molar-refractivity contribution in [3.63, 3.8) is 0 Å². The zero-order chi connectivity index (χ0) is 9.26. The molecule has 1 saturated carbocycles. The summed E-state index contributed by atoms with van der Waals surface area (Å²) in [4.78, 5) is 10.0. The molecule has 0 radical (unpaired) electrons. The van der Waals surface area contributed by atoms with Crippen LogP contribution in [0.5, 0.6) is 0 Å². The standard InChI is InChI=1S/C10H11NO2/c12-11(13)10-5-3-9(4-6-10)7-8-1-2-8/h3,5-8H,1-2,4H2. The van der Waals surface area contributed by atoms with Gasteiger partial charge >= 0.3 is 0 Å². The largest absolute Gasteiger partial charge is 0.265 e. The van der Waals surface area contributed by atoms with Gasteiger partial charge < -0.3 is 0 Å². The SMILES string of the molecule is O=[N+]([O-])C1=CCC(=CC2CC2)C=C1. The summed E-state index contributed by atoms with van der Waals surface area (Å²) in [6, 6.07) is 0. The monoisotopic (exact) mass is 177 g/mol. The van der Waals surface area contributed by atoms with Crippen LogP contribution >= 0.6 is 0 Å². The van der Waals surface area contributed by atoms with Crippen molar-refractivity contribution in [2.24, 2.45) is 5.92 Å². The van der Waals surface area contributed by atoms with Crippen molar-refractivity contribution in [3.8, 4) is 0 Å². The molecule has 1 fully saturated rings. The van der Waals surface area contributed by atoms with E-state index in [1.807, 2.05) is 6.08 Å². The molecule has 0 aromatic carbocycles. The van der Waals surface area contributed by atoms with Crippen LogP contribution in [-0.4, -0.2) is 4.92 Å². The molecule has 0 aromatic rings. The lowest BCUT2D eigenvalue weighted by atomic mass is 10.0. The van der Waals surface area contributed by atoms with E-state index >= 15 is 0 Å². The summed E-state index contributed by atoms with van der Waals surface area (Å²) in [6.07, 6.45) is 10.6. The van der Waals surface area contributed by atoms with E-state index in [1.54, 1.807) is 12.2 Å². The van der Waals surface area contributed by atoms with Crippen LogP contribution in [0.2, 0.25) is 0 Å². The summed E-state index contributed by atoms with van der Waals surface area (Å²) in [5.41, 5.74) is 1.43. The molecule has 0 bridgehead atoms. The molecule has 2 aliphatic carbocycles. The van der Waals surface area contributed by atoms with Gasteiger partial charge in [0, 0.05) is 6.08 Å². The number of nitro groups is 1. The number of hydrogen-bond acceptors (Lipinski definition) is 2. The summed E-state index contributed by atoms with van der Waals surface area (Å²) >= 11 is 0. The Morgan fingerprint density at radius 2 is 2.23 bits per heavy atom. The molecule has 0 amide bonds. The molecular formula is C10H11NO2. The first-order chi connectivity index (χ1) is 6.25. The third kappa shape index (κ3) is 2.05. The van der Waals surface area contributed by atoms with Crippen LogP contribution in [0.4, 0.5) is 0 Å². The zero-order valence-electron chi connectivity index (χ0n) is 7.27. The summed E-state index contributed by atoms with van der Waals surface area (Å²) < 4.78 is 0. The van der Waals surface area contributed by atoms with Gasteiger partial charge in [0.1, 0.15) is 0 Å². The van der Waals surface area contributed by atoms with E-state index in [1.165, 1.54) is 18.4 Å². The molecule has 0 saturated heterocycles. The van der Waals surface area contributed by atoms with Gasteiger partial charge in [0.25, 0.3) is 5.70 Å². The first-order valence-electron chi connectivity index (χ1n) is 4.49. The Bertz CT molecular complexity index is 322.